The summed E-state index contributed by atoms with van der Waals surface area (Å²) in [6, 6.07) is 10.7. The van der Waals surface area contributed by atoms with Gasteiger partial charge in [0.2, 0.25) is 0 Å². The van der Waals surface area contributed by atoms with Gasteiger partial charge in [0.15, 0.2) is 17.8 Å². The Kier molecular flexibility index (Phi) is 3.95. The average Bonchev–Trinajstić information content (AvgIpc) is 2.48. The van der Waals surface area contributed by atoms with Crippen molar-refractivity contribution in [2.75, 3.05) is 7.11 Å². The van der Waals surface area contributed by atoms with Crippen molar-refractivity contribution in [3.63, 3.8) is 0 Å². The third-order valence-electron chi connectivity index (χ3n) is 2.62. The Morgan fingerprint density at radius 2 is 1.85 bits per heavy atom. The fraction of sp³-hybridized carbons (Fsp3) is 0.0714. The van der Waals surface area contributed by atoms with Gasteiger partial charge in [-0.25, -0.2) is 0 Å². The largest absolute Gasteiger partial charge is 0.493 e. The monoisotopic (exact) mass is 273 g/mol. The molecule has 0 aliphatic rings. The molecule has 0 fully saturated rings. The summed E-state index contributed by atoms with van der Waals surface area (Å²) in [5.74, 6) is 0.877. The van der Waals surface area contributed by atoms with E-state index in [1.807, 2.05) is 0 Å². The molecule has 0 saturated heterocycles. The van der Waals surface area contributed by atoms with Crippen molar-refractivity contribution < 1.29 is 19.2 Å². The van der Waals surface area contributed by atoms with E-state index in [4.69, 9.17) is 9.47 Å². The molecule has 0 unspecified atom stereocenters. The first kappa shape index (κ1) is 13.5. The van der Waals surface area contributed by atoms with Gasteiger partial charge >= 0.3 is 0 Å². The number of nitro benzene ring substituents is 1. The summed E-state index contributed by atoms with van der Waals surface area (Å²) >= 11 is 0. The summed E-state index contributed by atoms with van der Waals surface area (Å²) in [7, 11) is 1.39. The summed E-state index contributed by atoms with van der Waals surface area (Å²) < 4.78 is 10.6. The molecular formula is C14H11NO5. The minimum atomic E-state index is -0.522. The molecule has 0 heterocycles. The summed E-state index contributed by atoms with van der Waals surface area (Å²) in [5.41, 5.74) is 0.283. The molecule has 2 aromatic rings. The maximum Gasteiger partial charge on any atom is 0.273 e. The molecule has 6 nitrogen and oxygen atoms in total. The molecule has 102 valence electrons. The van der Waals surface area contributed by atoms with Gasteiger partial charge in [-0.15, -0.1) is 0 Å². The summed E-state index contributed by atoms with van der Waals surface area (Å²) in [4.78, 5) is 21.1. The van der Waals surface area contributed by atoms with Crippen LogP contribution in [0.2, 0.25) is 0 Å². The van der Waals surface area contributed by atoms with Crippen LogP contribution in [-0.2, 0) is 0 Å². The minimum Gasteiger partial charge on any atom is -0.493 e. The highest BCUT2D eigenvalue weighted by atomic mass is 16.6. The molecule has 6 heteroatoms. The molecule has 0 N–H and O–H groups in total. The van der Waals surface area contributed by atoms with E-state index < -0.39 is 4.92 Å². The average molecular weight is 273 g/mol. The van der Waals surface area contributed by atoms with E-state index in [1.54, 1.807) is 24.3 Å². The lowest BCUT2D eigenvalue weighted by Crippen LogP contribution is -1.95. The zero-order valence-corrected chi connectivity index (χ0v) is 10.6. The molecule has 20 heavy (non-hydrogen) atoms. The van der Waals surface area contributed by atoms with Crippen LogP contribution >= 0.6 is 0 Å². The van der Waals surface area contributed by atoms with Crippen LogP contribution in [0.3, 0.4) is 0 Å². The number of nitrogens with zero attached hydrogens (tertiary/aromatic N) is 1. The van der Waals surface area contributed by atoms with E-state index in [1.165, 1.54) is 25.3 Å². The second-order valence-corrected chi connectivity index (χ2v) is 3.85. The number of hydrogen-bond donors (Lipinski definition) is 0. The van der Waals surface area contributed by atoms with Gasteiger partial charge in [0.1, 0.15) is 5.75 Å². The normalized spacial score (nSPS) is 9.85. The number of non-ortho nitro benzene ring substituents is 1. The maximum absolute atomic E-state index is 10.9. The molecule has 2 aromatic carbocycles. The Morgan fingerprint density at radius 3 is 2.50 bits per heavy atom. The number of aldehydes is 1. The third-order valence-corrected chi connectivity index (χ3v) is 2.62. The Balaban J connectivity index is 2.38. The Labute approximate surface area is 114 Å². The van der Waals surface area contributed by atoms with E-state index in [0.717, 1.165) is 0 Å². The number of benzene rings is 2. The fourth-order valence-corrected chi connectivity index (χ4v) is 1.64. The minimum absolute atomic E-state index is 0.0992. The molecule has 0 spiro atoms. The summed E-state index contributed by atoms with van der Waals surface area (Å²) in [5, 5.41) is 10.7. The van der Waals surface area contributed by atoms with Gasteiger partial charge in [0.05, 0.1) is 23.7 Å². The molecule has 0 amide bonds. The van der Waals surface area contributed by atoms with E-state index in [-0.39, 0.29) is 11.4 Å². The van der Waals surface area contributed by atoms with Crippen molar-refractivity contribution in [3.05, 3.63) is 58.1 Å². The zero-order valence-electron chi connectivity index (χ0n) is 10.6. The molecule has 0 saturated carbocycles. The molecule has 0 bridgehead atoms. The predicted octanol–water partition coefficient (Wildman–Crippen LogP) is 3.21. The first-order chi connectivity index (χ1) is 9.65. The Bertz CT molecular complexity index is 654. The van der Waals surface area contributed by atoms with Gasteiger partial charge in [-0.3, -0.25) is 14.9 Å². The molecule has 2 rings (SSSR count). The van der Waals surface area contributed by atoms with Gasteiger partial charge in [-0.05, 0) is 18.2 Å². The van der Waals surface area contributed by atoms with Crippen molar-refractivity contribution in [1.29, 1.82) is 0 Å². The number of para-hydroxylation sites is 1. The smallest absolute Gasteiger partial charge is 0.273 e. The molecule has 0 atom stereocenters. The number of carbonyl (C=O) groups excluding carboxylic acids is 1. The second kappa shape index (κ2) is 5.83. The van der Waals surface area contributed by atoms with E-state index in [2.05, 4.69) is 0 Å². The number of hydrogen-bond acceptors (Lipinski definition) is 5. The number of nitro groups is 1. The van der Waals surface area contributed by atoms with Gasteiger partial charge in [-0.1, -0.05) is 12.1 Å². The van der Waals surface area contributed by atoms with E-state index in [0.29, 0.717) is 23.3 Å². The third kappa shape index (κ3) is 2.74. The first-order valence-electron chi connectivity index (χ1n) is 5.70. The van der Waals surface area contributed by atoms with Crippen LogP contribution in [-0.4, -0.2) is 18.3 Å². The lowest BCUT2D eigenvalue weighted by molar-refractivity contribution is -0.384. The summed E-state index contributed by atoms with van der Waals surface area (Å²) in [6.45, 7) is 0. The first-order valence-corrected chi connectivity index (χ1v) is 5.70. The van der Waals surface area contributed by atoms with Crippen LogP contribution in [0.15, 0.2) is 42.5 Å². The molecule has 0 aliphatic carbocycles. The van der Waals surface area contributed by atoms with Crippen molar-refractivity contribution in [2.24, 2.45) is 0 Å². The van der Waals surface area contributed by atoms with Crippen molar-refractivity contribution >= 4 is 12.0 Å². The Hall–Kier alpha value is -2.89. The number of rotatable bonds is 5. The fourth-order valence-electron chi connectivity index (χ4n) is 1.64. The molecule has 0 aliphatic heterocycles. The summed E-state index contributed by atoms with van der Waals surface area (Å²) in [6.07, 6.45) is 0.674. The van der Waals surface area contributed by atoms with Gasteiger partial charge in [0, 0.05) is 6.07 Å². The molecule has 0 radical (unpaired) electrons. The van der Waals surface area contributed by atoms with Crippen LogP contribution in [0, 0.1) is 10.1 Å². The second-order valence-electron chi connectivity index (χ2n) is 3.85. The van der Waals surface area contributed by atoms with Crippen LogP contribution in [0.5, 0.6) is 17.2 Å². The van der Waals surface area contributed by atoms with Crippen molar-refractivity contribution in [1.82, 2.24) is 0 Å². The van der Waals surface area contributed by atoms with Crippen molar-refractivity contribution in [2.45, 2.75) is 0 Å². The predicted molar refractivity (Wildman–Crippen MR) is 71.6 cm³/mol. The highest BCUT2D eigenvalue weighted by molar-refractivity contribution is 5.79. The zero-order chi connectivity index (χ0) is 14.5. The lowest BCUT2D eigenvalue weighted by atomic mass is 10.2. The standard InChI is InChI=1S/C14H11NO5/c1-19-14-8-11(15(17)18)6-7-13(14)20-12-5-3-2-4-10(12)9-16/h2-9H,1H3. The lowest BCUT2D eigenvalue weighted by Gasteiger charge is -2.11. The van der Waals surface area contributed by atoms with Crippen LogP contribution in [0.4, 0.5) is 5.69 Å². The molecule has 0 aromatic heterocycles. The van der Waals surface area contributed by atoms with Gasteiger partial charge < -0.3 is 9.47 Å². The highest BCUT2D eigenvalue weighted by Crippen LogP contribution is 2.35. The Morgan fingerprint density at radius 1 is 1.10 bits per heavy atom. The number of ether oxygens (including phenoxy) is 2. The number of carbonyl (C=O) groups is 1. The number of methoxy groups -OCH3 is 1. The van der Waals surface area contributed by atoms with E-state index in [9.17, 15) is 14.9 Å². The SMILES string of the molecule is COc1cc([N+](=O)[O-])ccc1Oc1ccccc1C=O. The van der Waals surface area contributed by atoms with Gasteiger partial charge in [0.25, 0.3) is 5.69 Å². The van der Waals surface area contributed by atoms with Crippen molar-refractivity contribution in [3.8, 4) is 17.2 Å². The topological polar surface area (TPSA) is 78.7 Å². The maximum atomic E-state index is 10.9. The van der Waals surface area contributed by atoms with E-state index >= 15 is 0 Å². The molecular weight excluding hydrogens is 262 g/mol. The highest BCUT2D eigenvalue weighted by Gasteiger charge is 2.14. The van der Waals surface area contributed by atoms with Crippen LogP contribution in [0.1, 0.15) is 10.4 Å². The van der Waals surface area contributed by atoms with Gasteiger partial charge in [-0.2, -0.15) is 0 Å². The quantitative estimate of drug-likeness (QED) is 0.475. The van der Waals surface area contributed by atoms with Crippen LogP contribution in [0.25, 0.3) is 0 Å². The van der Waals surface area contributed by atoms with Crippen LogP contribution < -0.4 is 9.47 Å².